The molecule has 0 radical (unpaired) electrons. The zero-order valence-electron chi connectivity index (χ0n) is 19.3. The molecule has 2 atom stereocenters. The molecule has 4 heterocycles. The van der Waals surface area contributed by atoms with Gasteiger partial charge < -0.3 is 4.90 Å². The molecule has 174 valence electrons. The summed E-state index contributed by atoms with van der Waals surface area (Å²) in [4.78, 5) is 11.1. The molecule has 0 bridgehead atoms. The number of aromatic nitrogens is 4. The Morgan fingerprint density at radius 1 is 1.24 bits per heavy atom. The number of benzene rings is 1. The van der Waals surface area contributed by atoms with E-state index in [1.54, 1.807) is 12.3 Å². The third-order valence-electron chi connectivity index (χ3n) is 6.62. The summed E-state index contributed by atoms with van der Waals surface area (Å²) in [5.74, 6) is 0.267. The number of nitrogens with zero attached hydrogens (tertiary/aromatic N) is 5. The predicted octanol–water partition coefficient (Wildman–Crippen LogP) is 2.92. The molecule has 8 nitrogen and oxygen atoms in total. The van der Waals surface area contributed by atoms with Crippen molar-refractivity contribution in [2.75, 3.05) is 32.5 Å². The molecule has 3 aromatic rings. The summed E-state index contributed by atoms with van der Waals surface area (Å²) in [5.41, 5.74) is 4.12. The molecule has 0 aliphatic carbocycles. The summed E-state index contributed by atoms with van der Waals surface area (Å²) in [7, 11) is 2.79. The number of aromatic amines is 1. The van der Waals surface area contributed by atoms with Crippen molar-refractivity contribution in [1.82, 2.24) is 24.3 Å². The zero-order chi connectivity index (χ0) is 23.3. The smallest absolute Gasteiger partial charge is 0.306 e. The molecule has 2 unspecified atom stereocenters. The van der Waals surface area contributed by atoms with Crippen LogP contribution in [0.2, 0.25) is 0 Å². The van der Waals surface area contributed by atoms with Gasteiger partial charge in [0.25, 0.3) is 0 Å². The summed E-state index contributed by atoms with van der Waals surface area (Å²) in [6.45, 7) is 5.41. The van der Waals surface area contributed by atoms with Gasteiger partial charge in [-0.2, -0.15) is 4.68 Å². The number of aryl methyl sites for hydroxylation is 1. The lowest BCUT2D eigenvalue weighted by Crippen LogP contribution is -2.46. The van der Waals surface area contributed by atoms with Crippen LogP contribution in [0, 0.1) is 12.7 Å². The first-order chi connectivity index (χ1) is 15.8. The van der Waals surface area contributed by atoms with Crippen LogP contribution >= 0.6 is 0 Å². The fourth-order valence-electron chi connectivity index (χ4n) is 4.71. The number of piperidine rings is 1. The third-order valence-corrected chi connectivity index (χ3v) is 7.97. The Hall–Kier alpha value is -2.69. The van der Waals surface area contributed by atoms with Crippen molar-refractivity contribution in [3.63, 3.8) is 0 Å². The average Bonchev–Trinajstić information content (AvgIpc) is 3.23. The maximum absolute atomic E-state index is 14.6. The van der Waals surface area contributed by atoms with Crippen molar-refractivity contribution in [3.05, 3.63) is 47.5 Å². The lowest BCUT2D eigenvalue weighted by Gasteiger charge is -2.33. The molecule has 2 aromatic heterocycles. The Balaban J connectivity index is 1.46. The number of hydrogen-bond donors (Lipinski definition) is 2. The summed E-state index contributed by atoms with van der Waals surface area (Å²) in [5, 5.41) is 6.97. The van der Waals surface area contributed by atoms with E-state index < -0.39 is 11.0 Å². The van der Waals surface area contributed by atoms with E-state index in [1.807, 2.05) is 35.0 Å². The van der Waals surface area contributed by atoms with Crippen LogP contribution in [0.25, 0.3) is 11.1 Å². The molecule has 2 aliphatic heterocycles. The van der Waals surface area contributed by atoms with E-state index in [-0.39, 0.29) is 11.9 Å². The molecule has 0 amide bonds. The molecule has 1 aromatic carbocycles. The number of fused-ring (bicyclic) bond motifs is 2. The fraction of sp³-hybridized carbons (Fsp3) is 0.435. The highest BCUT2D eigenvalue weighted by Crippen LogP contribution is 2.39. The van der Waals surface area contributed by atoms with Gasteiger partial charge in [0.05, 0.1) is 0 Å². The van der Waals surface area contributed by atoms with Gasteiger partial charge in [-0.1, -0.05) is 0 Å². The SMILES string of the molecule is Cc1cc(-c2cc(F)cc3c2Nc2nc(S(=O)N4CCC(N(C)C)CC4)[nH][n+]2C3C)ccn1. The molecular formula is C23H29FN7OS+. The van der Waals surface area contributed by atoms with Crippen LogP contribution in [0.15, 0.2) is 35.6 Å². The highest BCUT2D eigenvalue weighted by atomic mass is 32.2. The number of anilines is 2. The average molecular weight is 471 g/mol. The van der Waals surface area contributed by atoms with E-state index in [2.05, 4.69) is 39.4 Å². The minimum Gasteiger partial charge on any atom is -0.306 e. The normalized spacial score (nSPS) is 19.8. The predicted molar refractivity (Wildman–Crippen MR) is 125 cm³/mol. The van der Waals surface area contributed by atoms with Gasteiger partial charge >= 0.3 is 11.1 Å². The summed E-state index contributed by atoms with van der Waals surface area (Å²) >= 11 is 0. The lowest BCUT2D eigenvalue weighted by molar-refractivity contribution is -0.753. The standard InChI is InChI=1S/C23H28FN7OS/c1-14-11-16(5-8-25-14)20-13-17(24)12-19-15(2)31-22(26-21(19)20)27-23(28-31)33(32)30-9-6-18(7-10-30)29(3)4/h5,8,11-13,15,18H,6-7,9-10H2,1-4H3,(H,25,26,27,28)/p+1. The fourth-order valence-corrected chi connectivity index (χ4v) is 5.84. The second-order valence-electron chi connectivity index (χ2n) is 9.00. The lowest BCUT2D eigenvalue weighted by atomic mass is 9.95. The summed E-state index contributed by atoms with van der Waals surface area (Å²) in [6.07, 6.45) is 3.67. The Labute approximate surface area is 195 Å². The minimum atomic E-state index is -1.39. The molecule has 33 heavy (non-hydrogen) atoms. The van der Waals surface area contributed by atoms with Crippen LogP contribution in [-0.2, 0) is 11.0 Å². The van der Waals surface area contributed by atoms with Crippen molar-refractivity contribution < 1.29 is 13.3 Å². The van der Waals surface area contributed by atoms with Crippen LogP contribution in [0.4, 0.5) is 16.0 Å². The van der Waals surface area contributed by atoms with Gasteiger partial charge in [-0.05, 0) is 75.6 Å². The van der Waals surface area contributed by atoms with Gasteiger partial charge in [-0.3, -0.25) is 4.98 Å². The van der Waals surface area contributed by atoms with E-state index in [9.17, 15) is 8.60 Å². The van der Waals surface area contributed by atoms with E-state index in [0.717, 1.165) is 54.0 Å². The molecule has 10 heteroatoms. The van der Waals surface area contributed by atoms with Crippen molar-refractivity contribution in [2.24, 2.45) is 0 Å². The molecule has 0 spiro atoms. The Morgan fingerprint density at radius 2 is 2.00 bits per heavy atom. The van der Waals surface area contributed by atoms with E-state index >= 15 is 0 Å². The Kier molecular flexibility index (Phi) is 5.75. The number of H-pyrrole nitrogens is 1. The van der Waals surface area contributed by atoms with Gasteiger partial charge in [0, 0.05) is 42.1 Å². The van der Waals surface area contributed by atoms with Gasteiger partial charge in [0.1, 0.15) is 17.5 Å². The van der Waals surface area contributed by atoms with Crippen LogP contribution in [0.5, 0.6) is 0 Å². The molecular weight excluding hydrogens is 441 g/mol. The highest BCUT2D eigenvalue weighted by Gasteiger charge is 2.37. The first kappa shape index (κ1) is 22.1. The maximum Gasteiger partial charge on any atom is 0.417 e. The van der Waals surface area contributed by atoms with Crippen LogP contribution in [0.1, 0.15) is 37.1 Å². The first-order valence-corrected chi connectivity index (χ1v) is 12.3. The largest absolute Gasteiger partial charge is 0.417 e. The van der Waals surface area contributed by atoms with Gasteiger partial charge in [-0.15, -0.1) is 0 Å². The van der Waals surface area contributed by atoms with Crippen molar-refractivity contribution in [1.29, 1.82) is 0 Å². The number of nitrogens with one attached hydrogen (secondary N) is 2. The third kappa shape index (κ3) is 4.07. The molecule has 2 N–H and O–H groups in total. The Morgan fingerprint density at radius 3 is 2.70 bits per heavy atom. The monoisotopic (exact) mass is 470 g/mol. The first-order valence-electron chi connectivity index (χ1n) is 11.2. The molecule has 1 saturated heterocycles. The molecule has 2 aliphatic rings. The Bertz CT molecular complexity index is 1220. The van der Waals surface area contributed by atoms with E-state index in [4.69, 9.17) is 0 Å². The molecule has 0 saturated carbocycles. The van der Waals surface area contributed by atoms with Gasteiger partial charge in [0.2, 0.25) is 0 Å². The van der Waals surface area contributed by atoms with Crippen LogP contribution < -0.4 is 10.00 Å². The highest BCUT2D eigenvalue weighted by molar-refractivity contribution is 7.82. The second kappa shape index (κ2) is 8.58. The van der Waals surface area contributed by atoms with Crippen molar-refractivity contribution >= 4 is 22.6 Å². The maximum atomic E-state index is 14.6. The van der Waals surface area contributed by atoms with Crippen molar-refractivity contribution in [2.45, 2.75) is 43.9 Å². The van der Waals surface area contributed by atoms with Gasteiger partial charge in [-0.25, -0.2) is 23.3 Å². The molecule has 5 rings (SSSR count). The van der Waals surface area contributed by atoms with Crippen molar-refractivity contribution in [3.8, 4) is 11.1 Å². The quantitative estimate of drug-likeness (QED) is 0.573. The number of rotatable bonds is 4. The second-order valence-corrected chi connectivity index (χ2v) is 10.4. The van der Waals surface area contributed by atoms with Crippen LogP contribution in [-0.4, -0.2) is 61.7 Å². The molecule has 1 fully saturated rings. The summed E-state index contributed by atoms with van der Waals surface area (Å²) < 4.78 is 31.7. The zero-order valence-corrected chi connectivity index (χ0v) is 20.1. The van der Waals surface area contributed by atoms with Gasteiger partial charge in [0.15, 0.2) is 11.0 Å². The van der Waals surface area contributed by atoms with E-state index in [0.29, 0.717) is 17.1 Å². The van der Waals surface area contributed by atoms with E-state index in [1.165, 1.54) is 6.07 Å². The summed E-state index contributed by atoms with van der Waals surface area (Å²) in [6, 6.07) is 7.20. The number of halogens is 1. The number of hydrogen-bond acceptors (Lipinski definition) is 5. The number of pyridine rings is 1. The minimum absolute atomic E-state index is 0.202. The van der Waals surface area contributed by atoms with Crippen LogP contribution in [0.3, 0.4) is 0 Å². The topological polar surface area (TPSA) is 81.0 Å².